The summed E-state index contributed by atoms with van der Waals surface area (Å²) in [5.74, 6) is 0. The summed E-state index contributed by atoms with van der Waals surface area (Å²) in [7, 11) is 2.12. The molecular weight excluding hydrogens is 244 g/mol. The Balaban J connectivity index is 2.39. The third-order valence-corrected chi connectivity index (χ3v) is 3.82. The van der Waals surface area contributed by atoms with Crippen LogP contribution in [-0.2, 0) is 0 Å². The van der Waals surface area contributed by atoms with Crippen LogP contribution in [0.3, 0.4) is 0 Å². The Hall–Kier alpha value is -1.80. The number of rotatable bonds is 4. The first-order valence-electron chi connectivity index (χ1n) is 7.09. The van der Waals surface area contributed by atoms with E-state index in [1.807, 2.05) is 0 Å². The molecule has 0 aliphatic carbocycles. The Morgan fingerprint density at radius 1 is 1.00 bits per heavy atom. The van der Waals surface area contributed by atoms with E-state index in [0.717, 1.165) is 0 Å². The van der Waals surface area contributed by atoms with Crippen molar-refractivity contribution in [3.8, 4) is 0 Å². The summed E-state index contributed by atoms with van der Waals surface area (Å²) in [5, 5.41) is 0. The minimum absolute atomic E-state index is 0.203. The molecule has 20 heavy (non-hydrogen) atoms. The van der Waals surface area contributed by atoms with Crippen LogP contribution in [0, 0.1) is 20.8 Å². The summed E-state index contributed by atoms with van der Waals surface area (Å²) in [6, 6.07) is 15.3. The number of aryl methyl sites for hydroxylation is 3. The predicted octanol–water partition coefficient (Wildman–Crippen LogP) is 3.75. The standard InChI is InChI=1S/C18H24N2/c1-13-9-14(2)11-16(10-13)18(12-19)20(4)17-8-6-5-7-15(17)3/h5-11,18H,12,19H2,1-4H3. The molecular formula is C18H24N2. The van der Waals surface area contributed by atoms with Crippen molar-refractivity contribution in [2.75, 3.05) is 18.5 Å². The normalized spacial score (nSPS) is 12.2. The van der Waals surface area contributed by atoms with E-state index < -0.39 is 0 Å². The lowest BCUT2D eigenvalue weighted by Gasteiger charge is -2.31. The molecule has 2 aromatic carbocycles. The maximum atomic E-state index is 6.05. The number of hydrogen-bond donors (Lipinski definition) is 1. The molecule has 0 amide bonds. The minimum Gasteiger partial charge on any atom is -0.366 e. The molecule has 0 aliphatic rings. The zero-order valence-electron chi connectivity index (χ0n) is 12.9. The van der Waals surface area contributed by atoms with Crippen molar-refractivity contribution in [1.29, 1.82) is 0 Å². The van der Waals surface area contributed by atoms with Crippen LogP contribution in [0.25, 0.3) is 0 Å². The lowest BCUT2D eigenvalue weighted by molar-refractivity contribution is 0.678. The van der Waals surface area contributed by atoms with Crippen molar-refractivity contribution in [2.45, 2.75) is 26.8 Å². The van der Waals surface area contributed by atoms with Gasteiger partial charge in [0.05, 0.1) is 6.04 Å². The minimum atomic E-state index is 0.203. The van der Waals surface area contributed by atoms with E-state index in [2.05, 4.69) is 75.2 Å². The van der Waals surface area contributed by atoms with E-state index in [4.69, 9.17) is 5.73 Å². The Morgan fingerprint density at radius 3 is 2.15 bits per heavy atom. The summed E-state index contributed by atoms with van der Waals surface area (Å²) < 4.78 is 0. The van der Waals surface area contributed by atoms with E-state index in [9.17, 15) is 0 Å². The van der Waals surface area contributed by atoms with E-state index in [0.29, 0.717) is 6.54 Å². The van der Waals surface area contributed by atoms with Gasteiger partial charge in [-0.05, 0) is 38.0 Å². The van der Waals surface area contributed by atoms with Gasteiger partial charge in [0, 0.05) is 19.3 Å². The number of benzene rings is 2. The first kappa shape index (κ1) is 14.6. The Kier molecular flexibility index (Phi) is 4.46. The number of para-hydroxylation sites is 1. The van der Waals surface area contributed by atoms with E-state index in [-0.39, 0.29) is 6.04 Å². The largest absolute Gasteiger partial charge is 0.366 e. The molecule has 0 spiro atoms. The predicted molar refractivity (Wildman–Crippen MR) is 87.3 cm³/mol. The smallest absolute Gasteiger partial charge is 0.0661 e. The molecule has 0 saturated heterocycles. The van der Waals surface area contributed by atoms with Gasteiger partial charge in [-0.2, -0.15) is 0 Å². The fourth-order valence-corrected chi connectivity index (χ4v) is 2.85. The second-order valence-electron chi connectivity index (χ2n) is 5.57. The van der Waals surface area contributed by atoms with Crippen LogP contribution in [0.2, 0.25) is 0 Å². The molecule has 0 fully saturated rings. The van der Waals surface area contributed by atoms with Crippen LogP contribution in [0.5, 0.6) is 0 Å². The van der Waals surface area contributed by atoms with Crippen molar-refractivity contribution >= 4 is 5.69 Å². The van der Waals surface area contributed by atoms with Crippen molar-refractivity contribution < 1.29 is 0 Å². The molecule has 0 radical (unpaired) electrons. The van der Waals surface area contributed by atoms with Crippen molar-refractivity contribution in [2.24, 2.45) is 5.73 Å². The van der Waals surface area contributed by atoms with Crippen LogP contribution in [0.15, 0.2) is 42.5 Å². The van der Waals surface area contributed by atoms with Crippen LogP contribution < -0.4 is 10.6 Å². The van der Waals surface area contributed by atoms with Gasteiger partial charge in [-0.15, -0.1) is 0 Å². The fourth-order valence-electron chi connectivity index (χ4n) is 2.85. The highest BCUT2D eigenvalue weighted by molar-refractivity contribution is 5.54. The van der Waals surface area contributed by atoms with Crippen molar-refractivity contribution in [3.63, 3.8) is 0 Å². The van der Waals surface area contributed by atoms with Crippen LogP contribution >= 0.6 is 0 Å². The molecule has 1 unspecified atom stereocenters. The topological polar surface area (TPSA) is 29.3 Å². The number of likely N-dealkylation sites (N-methyl/N-ethyl adjacent to an activating group) is 1. The molecule has 106 valence electrons. The second-order valence-corrected chi connectivity index (χ2v) is 5.57. The average molecular weight is 268 g/mol. The second kappa shape index (κ2) is 6.10. The van der Waals surface area contributed by atoms with E-state index in [1.54, 1.807) is 0 Å². The average Bonchev–Trinajstić information content (AvgIpc) is 2.38. The van der Waals surface area contributed by atoms with Crippen LogP contribution in [0.1, 0.15) is 28.3 Å². The molecule has 0 aromatic heterocycles. The molecule has 0 saturated carbocycles. The summed E-state index contributed by atoms with van der Waals surface area (Å²) in [4.78, 5) is 2.28. The lowest BCUT2D eigenvalue weighted by Crippen LogP contribution is -2.31. The zero-order chi connectivity index (χ0) is 14.7. The molecule has 2 heteroatoms. The highest BCUT2D eigenvalue weighted by atomic mass is 15.1. The summed E-state index contributed by atoms with van der Waals surface area (Å²) in [6.07, 6.45) is 0. The Labute approximate surface area is 122 Å². The van der Waals surface area contributed by atoms with Crippen molar-refractivity contribution in [3.05, 3.63) is 64.7 Å². The first-order chi connectivity index (χ1) is 9.52. The van der Waals surface area contributed by atoms with Gasteiger partial charge in [0.15, 0.2) is 0 Å². The van der Waals surface area contributed by atoms with E-state index >= 15 is 0 Å². The third kappa shape index (κ3) is 3.02. The summed E-state index contributed by atoms with van der Waals surface area (Å²) >= 11 is 0. The van der Waals surface area contributed by atoms with E-state index in [1.165, 1.54) is 27.9 Å². The zero-order valence-corrected chi connectivity index (χ0v) is 12.9. The van der Waals surface area contributed by atoms with Crippen LogP contribution in [0.4, 0.5) is 5.69 Å². The molecule has 0 bridgehead atoms. The fraction of sp³-hybridized carbons (Fsp3) is 0.333. The van der Waals surface area contributed by atoms with Crippen LogP contribution in [-0.4, -0.2) is 13.6 Å². The monoisotopic (exact) mass is 268 g/mol. The summed E-state index contributed by atoms with van der Waals surface area (Å²) in [5.41, 5.74) is 12.4. The van der Waals surface area contributed by atoms with Gasteiger partial charge in [-0.1, -0.05) is 47.5 Å². The van der Waals surface area contributed by atoms with Gasteiger partial charge >= 0.3 is 0 Å². The van der Waals surface area contributed by atoms with Gasteiger partial charge in [0.2, 0.25) is 0 Å². The Bertz CT molecular complexity index is 569. The number of hydrogen-bond acceptors (Lipinski definition) is 2. The van der Waals surface area contributed by atoms with Gasteiger partial charge in [0.25, 0.3) is 0 Å². The van der Waals surface area contributed by atoms with Gasteiger partial charge in [-0.25, -0.2) is 0 Å². The molecule has 2 nitrogen and oxygen atoms in total. The maximum Gasteiger partial charge on any atom is 0.0661 e. The Morgan fingerprint density at radius 2 is 1.60 bits per heavy atom. The maximum absolute atomic E-state index is 6.05. The van der Waals surface area contributed by atoms with Crippen molar-refractivity contribution in [1.82, 2.24) is 0 Å². The molecule has 0 aliphatic heterocycles. The molecule has 0 heterocycles. The highest BCUT2D eigenvalue weighted by Gasteiger charge is 2.17. The first-order valence-corrected chi connectivity index (χ1v) is 7.09. The number of nitrogens with two attached hydrogens (primary N) is 1. The molecule has 2 rings (SSSR count). The quantitative estimate of drug-likeness (QED) is 0.915. The van der Waals surface area contributed by atoms with Gasteiger partial charge in [-0.3, -0.25) is 0 Å². The molecule has 2 N–H and O–H groups in total. The van der Waals surface area contributed by atoms with Gasteiger partial charge < -0.3 is 10.6 Å². The van der Waals surface area contributed by atoms with Gasteiger partial charge in [0.1, 0.15) is 0 Å². The number of anilines is 1. The SMILES string of the molecule is Cc1cc(C)cc(C(CN)N(C)c2ccccc2C)c1. The third-order valence-electron chi connectivity index (χ3n) is 3.82. The molecule has 1 atom stereocenters. The highest BCUT2D eigenvalue weighted by Crippen LogP contribution is 2.28. The molecule has 2 aromatic rings. The lowest BCUT2D eigenvalue weighted by atomic mass is 9.99. The number of nitrogens with zero attached hydrogens (tertiary/aromatic N) is 1. The summed E-state index contributed by atoms with van der Waals surface area (Å²) in [6.45, 7) is 7.02.